The first-order valence-corrected chi connectivity index (χ1v) is 8.51. The maximum Gasteiger partial charge on any atom is 0.237 e. The minimum absolute atomic E-state index is 0.0346. The summed E-state index contributed by atoms with van der Waals surface area (Å²) in [6.45, 7) is 6.08. The number of benzene rings is 2. The predicted molar refractivity (Wildman–Crippen MR) is 95.4 cm³/mol. The SMILES string of the molecule is CCC1Sc2cc(Oc3cc(C)cc(C)c3)c(N)cc2NC1=O. The highest BCUT2D eigenvalue weighted by Crippen LogP contribution is 2.42. The van der Waals surface area contributed by atoms with E-state index in [2.05, 4.69) is 11.4 Å². The van der Waals surface area contributed by atoms with Crippen LogP contribution in [-0.2, 0) is 4.79 Å². The lowest BCUT2D eigenvalue weighted by molar-refractivity contribution is -0.115. The zero-order chi connectivity index (χ0) is 16.6. The minimum Gasteiger partial charge on any atom is -0.455 e. The van der Waals surface area contributed by atoms with Crippen molar-refractivity contribution in [3.05, 3.63) is 41.5 Å². The molecule has 0 spiro atoms. The maximum atomic E-state index is 11.9. The summed E-state index contributed by atoms with van der Waals surface area (Å²) < 4.78 is 5.98. The topological polar surface area (TPSA) is 64.3 Å². The van der Waals surface area contributed by atoms with Crippen molar-refractivity contribution in [3.63, 3.8) is 0 Å². The van der Waals surface area contributed by atoms with Gasteiger partial charge in [0.25, 0.3) is 0 Å². The Hall–Kier alpha value is -2.14. The number of rotatable bonds is 3. The minimum atomic E-state index is -0.0693. The molecule has 2 aromatic carbocycles. The summed E-state index contributed by atoms with van der Waals surface area (Å²) in [6.07, 6.45) is 0.785. The van der Waals surface area contributed by atoms with Crippen LogP contribution in [0, 0.1) is 13.8 Å². The molecule has 0 saturated carbocycles. The number of nitrogen functional groups attached to an aromatic ring is 1. The van der Waals surface area contributed by atoms with E-state index in [1.807, 2.05) is 39.0 Å². The summed E-state index contributed by atoms with van der Waals surface area (Å²) in [6, 6.07) is 9.74. The van der Waals surface area contributed by atoms with E-state index in [-0.39, 0.29) is 11.2 Å². The fourth-order valence-electron chi connectivity index (χ4n) is 2.67. The van der Waals surface area contributed by atoms with Crippen LogP contribution >= 0.6 is 11.8 Å². The van der Waals surface area contributed by atoms with Gasteiger partial charge in [0.05, 0.1) is 16.6 Å². The Kier molecular flexibility index (Phi) is 4.22. The smallest absolute Gasteiger partial charge is 0.237 e. The zero-order valence-corrected chi connectivity index (χ0v) is 14.3. The summed E-state index contributed by atoms with van der Waals surface area (Å²) in [4.78, 5) is 12.9. The van der Waals surface area contributed by atoms with Crippen molar-refractivity contribution >= 4 is 29.0 Å². The Morgan fingerprint density at radius 1 is 1.17 bits per heavy atom. The second-order valence-corrected chi connectivity index (χ2v) is 7.06. The molecule has 1 atom stereocenters. The van der Waals surface area contributed by atoms with Gasteiger partial charge in [0.15, 0.2) is 5.75 Å². The summed E-state index contributed by atoms with van der Waals surface area (Å²) in [5, 5.41) is 2.85. The molecule has 1 aliphatic heterocycles. The molecule has 0 fully saturated rings. The first kappa shape index (κ1) is 15.7. The van der Waals surface area contributed by atoms with Crippen molar-refractivity contribution in [1.82, 2.24) is 0 Å². The fourth-order valence-corrected chi connectivity index (χ4v) is 3.72. The number of ether oxygens (including phenoxy) is 1. The van der Waals surface area contributed by atoms with Gasteiger partial charge in [-0.05, 0) is 55.7 Å². The molecule has 1 aliphatic rings. The molecular formula is C18H20N2O2S. The summed E-state index contributed by atoms with van der Waals surface area (Å²) in [5.41, 5.74) is 9.65. The molecule has 3 rings (SSSR count). The highest BCUT2D eigenvalue weighted by Gasteiger charge is 2.26. The van der Waals surface area contributed by atoms with Gasteiger partial charge in [-0.15, -0.1) is 11.8 Å². The van der Waals surface area contributed by atoms with Crippen molar-refractivity contribution in [3.8, 4) is 11.5 Å². The van der Waals surface area contributed by atoms with Crippen LogP contribution in [0.1, 0.15) is 24.5 Å². The molecule has 1 amide bonds. The number of anilines is 2. The third kappa shape index (κ3) is 3.29. The third-order valence-electron chi connectivity index (χ3n) is 3.73. The van der Waals surface area contributed by atoms with E-state index in [0.29, 0.717) is 11.4 Å². The molecule has 0 bridgehead atoms. The van der Waals surface area contributed by atoms with E-state index in [4.69, 9.17) is 10.5 Å². The van der Waals surface area contributed by atoms with E-state index >= 15 is 0 Å². The van der Waals surface area contributed by atoms with Crippen LogP contribution in [0.2, 0.25) is 0 Å². The van der Waals surface area contributed by atoms with Crippen molar-refractivity contribution in [2.24, 2.45) is 0 Å². The Labute approximate surface area is 140 Å². The Morgan fingerprint density at radius 3 is 2.52 bits per heavy atom. The zero-order valence-electron chi connectivity index (χ0n) is 13.5. The number of fused-ring (bicyclic) bond motifs is 1. The number of hydrogen-bond acceptors (Lipinski definition) is 4. The standard InChI is InChI=1S/C18H20N2O2S/c1-4-16-18(21)20-14-8-13(19)15(9-17(14)23-16)22-12-6-10(2)5-11(3)7-12/h5-9,16H,4,19H2,1-3H3,(H,20,21). The van der Waals surface area contributed by atoms with Crippen LogP contribution in [0.4, 0.5) is 11.4 Å². The van der Waals surface area contributed by atoms with Gasteiger partial charge < -0.3 is 15.8 Å². The Balaban J connectivity index is 1.93. The molecule has 3 N–H and O–H groups in total. The summed E-state index contributed by atoms with van der Waals surface area (Å²) in [7, 11) is 0. The lowest BCUT2D eigenvalue weighted by atomic mass is 10.1. The van der Waals surface area contributed by atoms with Crippen molar-refractivity contribution < 1.29 is 9.53 Å². The van der Waals surface area contributed by atoms with Crippen LogP contribution in [-0.4, -0.2) is 11.2 Å². The van der Waals surface area contributed by atoms with E-state index in [1.54, 1.807) is 17.8 Å². The summed E-state index contributed by atoms with van der Waals surface area (Å²) >= 11 is 1.56. The molecule has 120 valence electrons. The molecule has 0 aliphatic carbocycles. The molecule has 1 heterocycles. The number of amides is 1. The van der Waals surface area contributed by atoms with Gasteiger partial charge in [-0.1, -0.05) is 13.0 Å². The average Bonchev–Trinajstić information content (AvgIpc) is 2.47. The number of aryl methyl sites for hydroxylation is 2. The van der Waals surface area contributed by atoms with Crippen LogP contribution in [0.25, 0.3) is 0 Å². The molecule has 0 saturated heterocycles. The number of thioether (sulfide) groups is 1. The lowest BCUT2D eigenvalue weighted by Gasteiger charge is -2.24. The van der Waals surface area contributed by atoms with E-state index < -0.39 is 0 Å². The normalized spacial score (nSPS) is 16.7. The monoisotopic (exact) mass is 328 g/mol. The van der Waals surface area contributed by atoms with Gasteiger partial charge >= 0.3 is 0 Å². The molecule has 2 aromatic rings. The molecule has 0 radical (unpaired) electrons. The molecule has 5 heteroatoms. The Morgan fingerprint density at radius 2 is 1.87 bits per heavy atom. The number of carbonyl (C=O) groups is 1. The van der Waals surface area contributed by atoms with Crippen LogP contribution in [0.5, 0.6) is 11.5 Å². The van der Waals surface area contributed by atoms with Crippen LogP contribution < -0.4 is 15.8 Å². The highest BCUT2D eigenvalue weighted by atomic mass is 32.2. The van der Waals surface area contributed by atoms with Gasteiger partial charge in [0.2, 0.25) is 5.91 Å². The maximum absolute atomic E-state index is 11.9. The second-order valence-electron chi connectivity index (χ2n) is 5.82. The second kappa shape index (κ2) is 6.16. The fraction of sp³-hybridized carbons (Fsp3) is 0.278. The third-order valence-corrected chi connectivity index (χ3v) is 5.15. The first-order chi connectivity index (χ1) is 11.0. The Bertz CT molecular complexity index is 754. The van der Waals surface area contributed by atoms with Crippen molar-refractivity contribution in [2.75, 3.05) is 11.1 Å². The van der Waals surface area contributed by atoms with Gasteiger partial charge in [0, 0.05) is 4.90 Å². The van der Waals surface area contributed by atoms with Crippen molar-refractivity contribution in [2.45, 2.75) is 37.3 Å². The number of nitrogens with one attached hydrogen (secondary N) is 1. The van der Waals surface area contributed by atoms with Crippen LogP contribution in [0.3, 0.4) is 0 Å². The predicted octanol–water partition coefficient (Wildman–Crippen LogP) is 4.50. The highest BCUT2D eigenvalue weighted by molar-refractivity contribution is 8.01. The quantitative estimate of drug-likeness (QED) is 0.814. The first-order valence-electron chi connectivity index (χ1n) is 7.63. The van der Waals surface area contributed by atoms with E-state index in [9.17, 15) is 4.79 Å². The van der Waals surface area contributed by atoms with Gasteiger partial charge in [0.1, 0.15) is 5.75 Å². The number of hydrogen-bond donors (Lipinski definition) is 2. The van der Waals surface area contributed by atoms with Crippen molar-refractivity contribution in [1.29, 1.82) is 0 Å². The summed E-state index contributed by atoms with van der Waals surface area (Å²) in [5.74, 6) is 1.42. The molecule has 0 aromatic heterocycles. The largest absolute Gasteiger partial charge is 0.455 e. The van der Waals surface area contributed by atoms with Crippen LogP contribution in [0.15, 0.2) is 35.2 Å². The molecular weight excluding hydrogens is 308 g/mol. The molecule has 1 unspecified atom stereocenters. The van der Waals surface area contributed by atoms with Gasteiger partial charge in [-0.2, -0.15) is 0 Å². The average molecular weight is 328 g/mol. The number of nitrogens with two attached hydrogens (primary N) is 1. The van der Waals surface area contributed by atoms with E-state index in [1.165, 1.54) is 0 Å². The number of carbonyl (C=O) groups excluding carboxylic acids is 1. The lowest BCUT2D eigenvalue weighted by Crippen LogP contribution is -2.28. The van der Waals surface area contributed by atoms with Gasteiger partial charge in [-0.3, -0.25) is 4.79 Å². The van der Waals surface area contributed by atoms with Gasteiger partial charge in [-0.25, -0.2) is 0 Å². The van der Waals surface area contributed by atoms with E-state index in [0.717, 1.165) is 33.9 Å². The molecule has 4 nitrogen and oxygen atoms in total. The molecule has 23 heavy (non-hydrogen) atoms.